The van der Waals surface area contributed by atoms with Crippen molar-refractivity contribution in [1.82, 2.24) is 14.2 Å². The van der Waals surface area contributed by atoms with Crippen LogP contribution in [0.4, 0.5) is 4.39 Å². The number of rotatable bonds is 5. The third-order valence-corrected chi connectivity index (χ3v) is 8.65. The fraction of sp³-hybridized carbons (Fsp3) is 0.522. The summed E-state index contributed by atoms with van der Waals surface area (Å²) in [5.74, 6) is 0.184. The lowest BCUT2D eigenvalue weighted by Gasteiger charge is -2.41. The van der Waals surface area contributed by atoms with Gasteiger partial charge in [0.1, 0.15) is 11.9 Å². The molecule has 0 N–H and O–H groups in total. The molecule has 6 nitrogen and oxygen atoms in total. The number of hydrogen-bond acceptors (Lipinski definition) is 5. The Balaban J connectivity index is 1.22. The number of benzene rings is 1. The van der Waals surface area contributed by atoms with Crippen LogP contribution in [0.3, 0.4) is 0 Å². The van der Waals surface area contributed by atoms with Gasteiger partial charge in [-0.25, -0.2) is 17.8 Å². The minimum Gasteiger partial charge on any atom is -0.474 e. The summed E-state index contributed by atoms with van der Waals surface area (Å²) in [5.41, 5.74) is 1.79. The summed E-state index contributed by atoms with van der Waals surface area (Å²) in [5, 5.41) is 0. The Morgan fingerprint density at radius 2 is 1.71 bits per heavy atom. The van der Waals surface area contributed by atoms with Crippen LogP contribution in [0.5, 0.6) is 5.88 Å². The van der Waals surface area contributed by atoms with Gasteiger partial charge in [0.05, 0.1) is 10.6 Å². The van der Waals surface area contributed by atoms with Gasteiger partial charge in [-0.05, 0) is 55.5 Å². The molecule has 0 radical (unpaired) electrons. The number of fused-ring (bicyclic) bond motifs is 1. The first kappa shape index (κ1) is 20.8. The molecule has 1 aliphatic carbocycles. The monoisotopic (exact) mass is 445 g/mol. The summed E-state index contributed by atoms with van der Waals surface area (Å²) in [4.78, 5) is 7.39. The van der Waals surface area contributed by atoms with Crippen molar-refractivity contribution < 1.29 is 17.5 Å². The summed E-state index contributed by atoms with van der Waals surface area (Å²) >= 11 is 0. The second-order valence-electron chi connectivity index (χ2n) is 8.74. The largest absolute Gasteiger partial charge is 0.474 e. The van der Waals surface area contributed by atoms with Crippen LogP contribution < -0.4 is 4.74 Å². The number of likely N-dealkylation sites (tertiary alicyclic amines) is 1. The molecule has 0 bridgehead atoms. The molecule has 3 heterocycles. The van der Waals surface area contributed by atoms with Crippen molar-refractivity contribution in [3.8, 4) is 5.88 Å². The van der Waals surface area contributed by atoms with E-state index < -0.39 is 15.8 Å². The summed E-state index contributed by atoms with van der Waals surface area (Å²) in [6.45, 7) is 2.80. The molecule has 0 atom stereocenters. The van der Waals surface area contributed by atoms with E-state index in [9.17, 15) is 12.8 Å². The topological polar surface area (TPSA) is 62.7 Å². The van der Waals surface area contributed by atoms with Crippen LogP contribution in [0.15, 0.2) is 41.3 Å². The van der Waals surface area contributed by atoms with Crippen molar-refractivity contribution in [2.75, 3.05) is 19.6 Å². The lowest BCUT2D eigenvalue weighted by atomic mass is 9.90. The minimum atomic E-state index is -3.66. The van der Waals surface area contributed by atoms with E-state index in [1.54, 1.807) is 0 Å². The zero-order valence-corrected chi connectivity index (χ0v) is 18.4. The van der Waals surface area contributed by atoms with Gasteiger partial charge in [-0.1, -0.05) is 12.5 Å². The highest BCUT2D eigenvalue weighted by molar-refractivity contribution is 7.89. The van der Waals surface area contributed by atoms with Crippen LogP contribution in [0.2, 0.25) is 0 Å². The Morgan fingerprint density at radius 3 is 2.39 bits per heavy atom. The van der Waals surface area contributed by atoms with Crippen molar-refractivity contribution in [2.45, 2.75) is 62.1 Å². The van der Waals surface area contributed by atoms with Crippen LogP contribution in [0.25, 0.3) is 0 Å². The Hall–Kier alpha value is -2.03. The van der Waals surface area contributed by atoms with E-state index in [4.69, 9.17) is 4.74 Å². The van der Waals surface area contributed by atoms with Crippen molar-refractivity contribution >= 4 is 10.0 Å². The SMILES string of the molecule is O=S(=O)(c1ccc(F)cc1)N1CCc2nc(OC3CCN(C4CCC4)CC3)ccc2C1. The second-order valence-corrected chi connectivity index (χ2v) is 10.7. The zero-order valence-electron chi connectivity index (χ0n) is 17.5. The number of nitrogens with zero attached hydrogens (tertiary/aromatic N) is 3. The number of hydrogen-bond donors (Lipinski definition) is 0. The lowest BCUT2D eigenvalue weighted by Crippen LogP contribution is -2.46. The maximum atomic E-state index is 13.2. The average Bonchev–Trinajstić information content (AvgIpc) is 2.74. The van der Waals surface area contributed by atoms with Crippen molar-refractivity contribution in [3.05, 3.63) is 53.5 Å². The van der Waals surface area contributed by atoms with Gasteiger partial charge in [-0.3, -0.25) is 0 Å². The van der Waals surface area contributed by atoms with E-state index in [2.05, 4.69) is 9.88 Å². The molecule has 0 unspecified atom stereocenters. The molecule has 1 aromatic heterocycles. The first-order chi connectivity index (χ1) is 15.0. The molecule has 1 saturated heterocycles. The van der Waals surface area contributed by atoms with E-state index in [0.717, 1.165) is 43.2 Å². The third-order valence-electron chi connectivity index (χ3n) is 6.79. The fourth-order valence-corrected chi connectivity index (χ4v) is 6.10. The number of sulfonamides is 1. The van der Waals surface area contributed by atoms with Gasteiger partial charge in [0, 0.05) is 44.7 Å². The van der Waals surface area contributed by atoms with Crippen LogP contribution in [-0.4, -0.2) is 54.4 Å². The van der Waals surface area contributed by atoms with Crippen molar-refractivity contribution in [1.29, 1.82) is 0 Å². The number of pyridine rings is 1. The van der Waals surface area contributed by atoms with Gasteiger partial charge in [0.25, 0.3) is 0 Å². The van der Waals surface area contributed by atoms with E-state index in [-0.39, 0.29) is 17.5 Å². The predicted octanol–water partition coefficient (Wildman–Crippen LogP) is 3.36. The molecule has 2 aliphatic heterocycles. The molecule has 1 aromatic carbocycles. The molecular weight excluding hydrogens is 417 g/mol. The highest BCUT2D eigenvalue weighted by Crippen LogP contribution is 2.29. The number of halogens is 1. The van der Waals surface area contributed by atoms with Crippen LogP contribution >= 0.6 is 0 Å². The summed E-state index contributed by atoms with van der Waals surface area (Å²) in [7, 11) is -3.66. The first-order valence-electron chi connectivity index (χ1n) is 11.1. The van der Waals surface area contributed by atoms with Gasteiger partial charge >= 0.3 is 0 Å². The molecule has 2 fully saturated rings. The van der Waals surface area contributed by atoms with Crippen LogP contribution in [-0.2, 0) is 23.0 Å². The van der Waals surface area contributed by atoms with E-state index in [1.807, 2.05) is 12.1 Å². The molecule has 2 aromatic rings. The molecule has 31 heavy (non-hydrogen) atoms. The van der Waals surface area contributed by atoms with E-state index >= 15 is 0 Å². The van der Waals surface area contributed by atoms with E-state index in [0.29, 0.717) is 18.8 Å². The molecular formula is C23H28FN3O3S. The molecule has 5 rings (SSSR count). The Labute approximate surface area is 183 Å². The summed E-state index contributed by atoms with van der Waals surface area (Å²) < 4.78 is 46.5. The van der Waals surface area contributed by atoms with Gasteiger partial charge in [0.2, 0.25) is 15.9 Å². The van der Waals surface area contributed by atoms with Crippen LogP contribution in [0.1, 0.15) is 43.4 Å². The van der Waals surface area contributed by atoms with Gasteiger partial charge in [0.15, 0.2) is 0 Å². The Bertz CT molecular complexity index is 1030. The third kappa shape index (κ3) is 4.33. The highest BCUT2D eigenvalue weighted by atomic mass is 32.2. The summed E-state index contributed by atoms with van der Waals surface area (Å²) in [6, 6.07) is 9.53. The second kappa shape index (κ2) is 8.48. The number of ether oxygens (including phenoxy) is 1. The zero-order chi connectivity index (χ0) is 21.4. The van der Waals surface area contributed by atoms with Crippen molar-refractivity contribution in [3.63, 3.8) is 0 Å². The average molecular weight is 446 g/mol. The smallest absolute Gasteiger partial charge is 0.243 e. The van der Waals surface area contributed by atoms with Gasteiger partial charge in [-0.2, -0.15) is 4.31 Å². The molecule has 166 valence electrons. The van der Waals surface area contributed by atoms with Gasteiger partial charge in [-0.15, -0.1) is 0 Å². The molecule has 8 heteroatoms. The predicted molar refractivity (Wildman–Crippen MR) is 115 cm³/mol. The Kier molecular flexibility index (Phi) is 5.71. The summed E-state index contributed by atoms with van der Waals surface area (Å²) in [6.07, 6.45) is 6.83. The highest BCUT2D eigenvalue weighted by Gasteiger charge is 2.31. The Morgan fingerprint density at radius 1 is 0.968 bits per heavy atom. The quantitative estimate of drug-likeness (QED) is 0.706. The van der Waals surface area contributed by atoms with Crippen LogP contribution in [0, 0.1) is 5.82 Å². The maximum Gasteiger partial charge on any atom is 0.243 e. The van der Waals surface area contributed by atoms with Gasteiger partial charge < -0.3 is 9.64 Å². The molecule has 1 saturated carbocycles. The maximum absolute atomic E-state index is 13.2. The lowest BCUT2D eigenvalue weighted by molar-refractivity contribution is 0.0474. The standard InChI is InChI=1S/C23H28FN3O3S/c24-18-5-7-21(8-6-18)31(28,29)27-15-12-22-17(16-27)4-9-23(25-22)30-20-10-13-26(14-11-20)19-2-1-3-19/h4-9,19-20H,1-3,10-16H2. The first-order valence-corrected chi connectivity index (χ1v) is 12.6. The number of piperidine rings is 1. The molecule has 0 amide bonds. The van der Waals surface area contributed by atoms with E-state index in [1.165, 1.54) is 47.8 Å². The fourth-order valence-electron chi connectivity index (χ4n) is 4.68. The normalized spacial score (nSPS) is 21.5. The molecule has 3 aliphatic rings. The van der Waals surface area contributed by atoms with Crippen molar-refractivity contribution in [2.24, 2.45) is 0 Å². The molecule has 0 spiro atoms. The number of aromatic nitrogens is 1. The minimum absolute atomic E-state index is 0.110.